The first-order chi connectivity index (χ1) is 12.0. The molecule has 5 heteroatoms. The molecule has 2 heterocycles. The number of carbonyl (C=O) groups excluding carboxylic acids is 1. The minimum absolute atomic E-state index is 0. The molecule has 2 fully saturated rings. The molecular formula is C21H33ClN2O2. The van der Waals surface area contributed by atoms with Crippen LogP contribution < -0.4 is 5.73 Å². The zero-order valence-corrected chi connectivity index (χ0v) is 16.9. The zero-order chi connectivity index (χ0) is 17.9. The summed E-state index contributed by atoms with van der Waals surface area (Å²) in [5.41, 5.74) is 8.82. The molecule has 3 rings (SSSR count). The molecule has 1 atom stereocenters. The van der Waals surface area contributed by atoms with Crippen molar-refractivity contribution in [1.29, 1.82) is 0 Å². The van der Waals surface area contributed by atoms with Crippen molar-refractivity contribution in [2.24, 2.45) is 17.1 Å². The number of hydrogen-bond donors (Lipinski definition) is 1. The maximum Gasteiger partial charge on any atom is 0.222 e. The number of amides is 1. The number of nitrogens with zero attached hydrogens (tertiary/aromatic N) is 1. The Morgan fingerprint density at radius 1 is 1.27 bits per heavy atom. The van der Waals surface area contributed by atoms with E-state index in [0.29, 0.717) is 24.8 Å². The molecule has 2 aliphatic rings. The fourth-order valence-corrected chi connectivity index (χ4v) is 4.37. The minimum atomic E-state index is 0. The second kappa shape index (κ2) is 9.20. The van der Waals surface area contributed by atoms with E-state index < -0.39 is 0 Å². The van der Waals surface area contributed by atoms with Gasteiger partial charge in [0, 0.05) is 32.7 Å². The van der Waals surface area contributed by atoms with Crippen LogP contribution in [-0.2, 0) is 16.0 Å². The molecule has 2 saturated heterocycles. The van der Waals surface area contributed by atoms with Crippen molar-refractivity contribution in [3.63, 3.8) is 0 Å². The Morgan fingerprint density at radius 3 is 2.50 bits per heavy atom. The van der Waals surface area contributed by atoms with Crippen molar-refractivity contribution < 1.29 is 9.53 Å². The molecule has 0 bridgehead atoms. The van der Waals surface area contributed by atoms with Gasteiger partial charge in [-0.05, 0) is 54.2 Å². The number of aryl methyl sites for hydroxylation is 1. The van der Waals surface area contributed by atoms with E-state index in [1.807, 2.05) is 0 Å². The monoisotopic (exact) mass is 380 g/mol. The molecule has 1 aromatic carbocycles. The van der Waals surface area contributed by atoms with Crippen LogP contribution in [-0.4, -0.2) is 43.7 Å². The van der Waals surface area contributed by atoms with Gasteiger partial charge in [-0.3, -0.25) is 4.79 Å². The number of carbonyl (C=O) groups is 1. The molecule has 1 spiro atoms. The summed E-state index contributed by atoms with van der Waals surface area (Å²) < 4.78 is 5.53. The van der Waals surface area contributed by atoms with Gasteiger partial charge in [-0.25, -0.2) is 0 Å². The highest BCUT2D eigenvalue weighted by atomic mass is 35.5. The predicted molar refractivity (Wildman–Crippen MR) is 108 cm³/mol. The summed E-state index contributed by atoms with van der Waals surface area (Å²) in [6.07, 6.45) is 3.48. The van der Waals surface area contributed by atoms with Crippen molar-refractivity contribution in [3.05, 3.63) is 35.4 Å². The van der Waals surface area contributed by atoms with Gasteiger partial charge in [0.15, 0.2) is 0 Å². The quantitative estimate of drug-likeness (QED) is 0.851. The smallest absolute Gasteiger partial charge is 0.222 e. The maximum atomic E-state index is 12.7. The summed E-state index contributed by atoms with van der Waals surface area (Å²) in [7, 11) is 0. The number of nitrogens with two attached hydrogens (primary N) is 1. The molecule has 1 aromatic rings. The van der Waals surface area contributed by atoms with E-state index in [4.69, 9.17) is 10.5 Å². The van der Waals surface area contributed by atoms with Gasteiger partial charge in [0.2, 0.25) is 5.91 Å². The highest BCUT2D eigenvalue weighted by Crippen LogP contribution is 2.43. The Bertz CT molecular complexity index is 582. The summed E-state index contributed by atoms with van der Waals surface area (Å²) >= 11 is 0. The third-order valence-corrected chi connectivity index (χ3v) is 6.21. The van der Waals surface area contributed by atoms with Crippen LogP contribution in [0.3, 0.4) is 0 Å². The Labute approximate surface area is 163 Å². The van der Waals surface area contributed by atoms with E-state index in [0.717, 1.165) is 45.6 Å². The van der Waals surface area contributed by atoms with Crippen LogP contribution in [0.1, 0.15) is 50.2 Å². The van der Waals surface area contributed by atoms with Crippen LogP contribution >= 0.6 is 12.4 Å². The average Bonchev–Trinajstić information content (AvgIpc) is 2.98. The van der Waals surface area contributed by atoms with Crippen molar-refractivity contribution in [2.45, 2.75) is 45.4 Å². The summed E-state index contributed by atoms with van der Waals surface area (Å²) in [6.45, 7) is 8.37. The van der Waals surface area contributed by atoms with Crippen LogP contribution in [0.25, 0.3) is 0 Å². The van der Waals surface area contributed by atoms with Crippen LogP contribution in [0.2, 0.25) is 0 Å². The normalized spacial score (nSPS) is 21.8. The number of benzene rings is 1. The fraction of sp³-hybridized carbons (Fsp3) is 0.667. The van der Waals surface area contributed by atoms with Gasteiger partial charge < -0.3 is 15.4 Å². The molecule has 2 N–H and O–H groups in total. The Kier molecular flexibility index (Phi) is 7.51. The molecule has 146 valence electrons. The van der Waals surface area contributed by atoms with Crippen LogP contribution in [0.4, 0.5) is 0 Å². The average molecular weight is 381 g/mol. The summed E-state index contributed by atoms with van der Waals surface area (Å²) in [6, 6.07) is 8.69. The Balaban J connectivity index is 0.00000243. The fourth-order valence-electron chi connectivity index (χ4n) is 4.37. The number of halogens is 1. The molecule has 1 unspecified atom stereocenters. The number of hydrogen-bond acceptors (Lipinski definition) is 3. The van der Waals surface area contributed by atoms with E-state index in [2.05, 4.69) is 43.0 Å². The third-order valence-electron chi connectivity index (χ3n) is 6.21. The SMILES string of the molecule is CC(C)c1ccc(CCC(=O)N2CC(CN)C3(CCOCC3)C2)cc1.Cl. The van der Waals surface area contributed by atoms with Crippen molar-refractivity contribution >= 4 is 18.3 Å². The topological polar surface area (TPSA) is 55.6 Å². The van der Waals surface area contributed by atoms with Crippen LogP contribution in [0.15, 0.2) is 24.3 Å². The molecule has 0 radical (unpaired) electrons. The van der Waals surface area contributed by atoms with Gasteiger partial charge in [0.25, 0.3) is 0 Å². The summed E-state index contributed by atoms with van der Waals surface area (Å²) in [4.78, 5) is 14.8. The lowest BCUT2D eigenvalue weighted by Gasteiger charge is -2.37. The first-order valence-electron chi connectivity index (χ1n) is 9.68. The lowest BCUT2D eigenvalue weighted by Crippen LogP contribution is -2.40. The lowest BCUT2D eigenvalue weighted by atomic mass is 9.72. The molecule has 0 saturated carbocycles. The minimum Gasteiger partial charge on any atom is -0.381 e. The molecule has 2 aliphatic heterocycles. The van der Waals surface area contributed by atoms with Crippen molar-refractivity contribution in [1.82, 2.24) is 4.90 Å². The van der Waals surface area contributed by atoms with Crippen LogP contribution in [0, 0.1) is 11.3 Å². The summed E-state index contributed by atoms with van der Waals surface area (Å²) in [5.74, 6) is 1.24. The number of likely N-dealkylation sites (tertiary alicyclic amines) is 1. The molecule has 26 heavy (non-hydrogen) atoms. The van der Waals surface area contributed by atoms with E-state index >= 15 is 0 Å². The molecule has 0 aliphatic carbocycles. The van der Waals surface area contributed by atoms with Gasteiger partial charge >= 0.3 is 0 Å². The van der Waals surface area contributed by atoms with Gasteiger partial charge in [-0.2, -0.15) is 0 Å². The second-order valence-corrected chi connectivity index (χ2v) is 8.08. The molecule has 0 aromatic heterocycles. The Hall–Kier alpha value is -1.10. The summed E-state index contributed by atoms with van der Waals surface area (Å²) in [5, 5.41) is 0. The molecular weight excluding hydrogens is 348 g/mol. The number of rotatable bonds is 5. The maximum absolute atomic E-state index is 12.7. The van der Waals surface area contributed by atoms with Gasteiger partial charge in [-0.15, -0.1) is 12.4 Å². The highest BCUT2D eigenvalue weighted by molar-refractivity contribution is 5.85. The molecule has 1 amide bonds. The van der Waals surface area contributed by atoms with E-state index in [-0.39, 0.29) is 23.7 Å². The van der Waals surface area contributed by atoms with Gasteiger partial charge in [0.1, 0.15) is 0 Å². The number of ether oxygens (including phenoxy) is 1. The molecule has 4 nitrogen and oxygen atoms in total. The zero-order valence-electron chi connectivity index (χ0n) is 16.1. The predicted octanol–water partition coefficient (Wildman–Crippen LogP) is 3.38. The first-order valence-corrected chi connectivity index (χ1v) is 9.68. The third kappa shape index (κ3) is 4.59. The standard InChI is InChI=1S/C21H32N2O2.ClH/c1-16(2)18-6-3-17(4-7-18)5-8-20(24)23-14-19(13-22)21(15-23)9-11-25-12-10-21;/h3-4,6-7,16,19H,5,8-15,22H2,1-2H3;1H. The van der Waals surface area contributed by atoms with Crippen molar-refractivity contribution in [3.8, 4) is 0 Å². The van der Waals surface area contributed by atoms with E-state index in [9.17, 15) is 4.79 Å². The van der Waals surface area contributed by atoms with E-state index in [1.165, 1.54) is 11.1 Å². The largest absolute Gasteiger partial charge is 0.381 e. The highest BCUT2D eigenvalue weighted by Gasteiger charge is 2.47. The lowest BCUT2D eigenvalue weighted by molar-refractivity contribution is -0.130. The van der Waals surface area contributed by atoms with E-state index in [1.54, 1.807) is 0 Å². The van der Waals surface area contributed by atoms with Crippen LogP contribution in [0.5, 0.6) is 0 Å². The first kappa shape index (κ1) is 21.2. The van der Waals surface area contributed by atoms with Gasteiger partial charge in [-0.1, -0.05) is 38.1 Å². The van der Waals surface area contributed by atoms with Gasteiger partial charge in [0.05, 0.1) is 0 Å². The second-order valence-electron chi connectivity index (χ2n) is 8.08. The Morgan fingerprint density at radius 2 is 1.92 bits per heavy atom. The van der Waals surface area contributed by atoms with Crippen molar-refractivity contribution in [2.75, 3.05) is 32.8 Å².